The number of carbonyl (C=O) groups is 1. The van der Waals surface area contributed by atoms with Crippen LogP contribution in [0.15, 0.2) is 16.4 Å². The topological polar surface area (TPSA) is 107 Å². The first kappa shape index (κ1) is 18.5. The fourth-order valence-electron chi connectivity index (χ4n) is 3.46. The number of nitrogens with two attached hydrogens (primary N) is 1. The van der Waals surface area contributed by atoms with Gasteiger partial charge in [0.05, 0.1) is 12.7 Å². The van der Waals surface area contributed by atoms with Gasteiger partial charge in [0.15, 0.2) is 10.9 Å². The molecule has 1 saturated heterocycles. The molecule has 0 radical (unpaired) electrons. The van der Waals surface area contributed by atoms with E-state index in [1.807, 2.05) is 12.3 Å². The van der Waals surface area contributed by atoms with Crippen LogP contribution in [-0.4, -0.2) is 44.3 Å². The maximum absolute atomic E-state index is 12.4. The van der Waals surface area contributed by atoms with Crippen molar-refractivity contribution in [2.24, 2.45) is 23.7 Å². The van der Waals surface area contributed by atoms with Gasteiger partial charge in [-0.25, -0.2) is 9.98 Å². The van der Waals surface area contributed by atoms with Crippen molar-refractivity contribution in [1.29, 1.82) is 0 Å². The van der Waals surface area contributed by atoms with E-state index < -0.39 is 5.54 Å². The van der Waals surface area contributed by atoms with Crippen molar-refractivity contribution in [3.05, 3.63) is 27.8 Å². The monoisotopic (exact) mass is 406 g/mol. The van der Waals surface area contributed by atoms with Gasteiger partial charge in [-0.1, -0.05) is 11.8 Å². The van der Waals surface area contributed by atoms with Gasteiger partial charge in [0.1, 0.15) is 16.4 Å². The third-order valence-corrected chi connectivity index (χ3v) is 7.05. The molecule has 2 aliphatic rings. The van der Waals surface area contributed by atoms with Crippen LogP contribution < -0.4 is 11.1 Å². The number of thiazole rings is 1. The highest BCUT2D eigenvalue weighted by Gasteiger charge is 2.49. The maximum atomic E-state index is 12.4. The van der Waals surface area contributed by atoms with Crippen molar-refractivity contribution in [2.75, 3.05) is 17.7 Å². The number of aliphatic imine (C=N–C) groups is 1. The second-order valence-electron chi connectivity index (χ2n) is 7.03. The molecule has 0 aromatic carbocycles. The predicted octanol–water partition coefficient (Wildman–Crippen LogP) is 2.12. The van der Waals surface area contributed by atoms with Gasteiger partial charge in [0, 0.05) is 29.8 Å². The minimum Gasteiger partial charge on any atom is -0.379 e. The number of amidine groups is 1. The van der Waals surface area contributed by atoms with Crippen LogP contribution in [0.4, 0.5) is 5.82 Å². The number of amides is 1. The Labute approximate surface area is 165 Å². The smallest absolute Gasteiger partial charge is 0.277 e. The molecule has 1 fully saturated rings. The summed E-state index contributed by atoms with van der Waals surface area (Å²) in [6.07, 6.45) is 1.11. The lowest BCUT2D eigenvalue weighted by Crippen LogP contribution is -2.49. The molecule has 2 aromatic rings. The number of thioether (sulfide) groups is 1. The molecule has 1 amide bonds. The summed E-state index contributed by atoms with van der Waals surface area (Å²) in [5.74, 6) is 1.44. The largest absolute Gasteiger partial charge is 0.379 e. The predicted molar refractivity (Wildman–Crippen MR) is 107 cm³/mol. The van der Waals surface area contributed by atoms with Crippen LogP contribution >= 0.6 is 23.1 Å². The fourth-order valence-corrected chi connectivity index (χ4v) is 5.43. The van der Waals surface area contributed by atoms with Crippen LogP contribution in [0, 0.1) is 12.8 Å². The molecule has 0 aliphatic carbocycles. The van der Waals surface area contributed by atoms with Crippen LogP contribution in [0.5, 0.6) is 0 Å². The Morgan fingerprint density at radius 1 is 1.52 bits per heavy atom. The Morgan fingerprint density at radius 3 is 3.07 bits per heavy atom. The summed E-state index contributed by atoms with van der Waals surface area (Å²) in [6.45, 7) is 4.44. The maximum Gasteiger partial charge on any atom is 0.277 e. The number of nitrogens with one attached hydrogen (secondary N) is 1. The molecule has 27 heavy (non-hydrogen) atoms. The summed E-state index contributed by atoms with van der Waals surface area (Å²) in [7, 11) is 1.81. The Balaban J connectivity index is 1.59. The van der Waals surface area contributed by atoms with E-state index in [9.17, 15) is 4.79 Å². The van der Waals surface area contributed by atoms with Gasteiger partial charge in [-0.3, -0.25) is 9.48 Å². The molecule has 2 aliphatic heterocycles. The molecule has 1 unspecified atom stereocenters. The minimum absolute atomic E-state index is 0.199. The quantitative estimate of drug-likeness (QED) is 0.808. The van der Waals surface area contributed by atoms with Crippen LogP contribution in [0.25, 0.3) is 0 Å². The van der Waals surface area contributed by atoms with Crippen LogP contribution in [-0.2, 0) is 17.3 Å². The molecule has 10 heteroatoms. The zero-order valence-electron chi connectivity index (χ0n) is 15.4. The van der Waals surface area contributed by atoms with Gasteiger partial charge >= 0.3 is 0 Å². The van der Waals surface area contributed by atoms with Crippen molar-refractivity contribution in [3.8, 4) is 0 Å². The third kappa shape index (κ3) is 3.37. The van der Waals surface area contributed by atoms with E-state index in [1.165, 1.54) is 11.3 Å². The first-order valence-corrected chi connectivity index (χ1v) is 10.6. The number of hydrogen-bond acceptors (Lipinski definition) is 8. The number of aromatic nitrogens is 3. The molecule has 3 atom stereocenters. The lowest BCUT2D eigenvalue weighted by molar-refractivity contribution is -0.0466. The minimum atomic E-state index is -0.558. The van der Waals surface area contributed by atoms with E-state index in [-0.39, 0.29) is 12.0 Å². The Morgan fingerprint density at radius 2 is 2.33 bits per heavy atom. The van der Waals surface area contributed by atoms with E-state index in [0.717, 1.165) is 22.9 Å². The molecule has 2 aromatic heterocycles. The highest BCUT2D eigenvalue weighted by atomic mass is 32.2. The highest BCUT2D eigenvalue weighted by molar-refractivity contribution is 8.13. The number of nitrogens with zero attached hydrogens (tertiary/aromatic N) is 4. The van der Waals surface area contributed by atoms with E-state index in [0.29, 0.717) is 29.2 Å². The number of fused-ring (bicyclic) bond motifs is 1. The Bertz CT molecular complexity index is 888. The third-order valence-electron chi connectivity index (χ3n) is 5.08. The molecule has 0 spiro atoms. The molecule has 8 nitrogen and oxygen atoms in total. The van der Waals surface area contributed by atoms with Crippen molar-refractivity contribution < 1.29 is 9.53 Å². The summed E-state index contributed by atoms with van der Waals surface area (Å²) >= 11 is 3.06. The van der Waals surface area contributed by atoms with Crippen molar-refractivity contribution >= 4 is 40.0 Å². The molecule has 4 heterocycles. The molecule has 0 saturated carbocycles. The van der Waals surface area contributed by atoms with E-state index in [4.69, 9.17) is 15.5 Å². The van der Waals surface area contributed by atoms with Crippen molar-refractivity contribution in [1.82, 2.24) is 14.8 Å². The van der Waals surface area contributed by atoms with Gasteiger partial charge < -0.3 is 15.8 Å². The molecule has 4 rings (SSSR count). The Kier molecular flexibility index (Phi) is 4.73. The number of aryl methyl sites for hydroxylation is 2. The Hall–Kier alpha value is -1.91. The summed E-state index contributed by atoms with van der Waals surface area (Å²) in [6, 6.07) is 1.75. The summed E-state index contributed by atoms with van der Waals surface area (Å²) in [4.78, 5) is 21.9. The number of carbonyl (C=O) groups excluding carboxylic acids is 1. The summed E-state index contributed by atoms with van der Waals surface area (Å²) in [5.41, 5.74) is 6.76. The van der Waals surface area contributed by atoms with Crippen LogP contribution in [0.1, 0.15) is 34.5 Å². The average molecular weight is 407 g/mol. The van der Waals surface area contributed by atoms with Crippen LogP contribution in [0.3, 0.4) is 0 Å². The molecule has 144 valence electrons. The first-order valence-electron chi connectivity index (χ1n) is 8.75. The molecule has 0 bridgehead atoms. The zero-order valence-corrected chi connectivity index (χ0v) is 17.1. The van der Waals surface area contributed by atoms with Crippen molar-refractivity contribution in [2.45, 2.75) is 31.9 Å². The highest BCUT2D eigenvalue weighted by Crippen LogP contribution is 2.46. The van der Waals surface area contributed by atoms with Gasteiger partial charge in [-0.05, 0) is 26.3 Å². The second-order valence-corrected chi connectivity index (χ2v) is 8.92. The number of rotatable bonds is 3. The van der Waals surface area contributed by atoms with Gasteiger partial charge in [0.2, 0.25) is 0 Å². The number of anilines is 1. The van der Waals surface area contributed by atoms with Gasteiger partial charge in [0.25, 0.3) is 5.91 Å². The lowest BCUT2D eigenvalue weighted by Gasteiger charge is -2.44. The van der Waals surface area contributed by atoms with E-state index in [1.54, 1.807) is 29.6 Å². The zero-order chi connectivity index (χ0) is 19.2. The summed E-state index contributed by atoms with van der Waals surface area (Å²) < 4.78 is 7.59. The van der Waals surface area contributed by atoms with Crippen molar-refractivity contribution in [3.63, 3.8) is 0 Å². The summed E-state index contributed by atoms with van der Waals surface area (Å²) in [5, 5.41) is 10.3. The first-order chi connectivity index (χ1) is 12.9. The number of ether oxygens (including phenoxy) is 1. The lowest BCUT2D eigenvalue weighted by atomic mass is 9.80. The van der Waals surface area contributed by atoms with Gasteiger partial charge in [-0.2, -0.15) is 5.10 Å². The normalized spacial score (nSPS) is 27.7. The second kappa shape index (κ2) is 6.92. The van der Waals surface area contributed by atoms with Crippen LogP contribution in [0.2, 0.25) is 0 Å². The number of hydrogen-bond donors (Lipinski definition) is 2. The molecular weight excluding hydrogens is 384 g/mol. The molecule has 3 N–H and O–H groups in total. The molecular formula is C17H22N6O2S2. The standard InChI is InChI=1S/C17H22N6O2S2/c1-9-4-12(22-23(9)3)14(24)19-13-7-26-15(20-13)17-8-25-10(2)5-11(17)6-27-16(18)21-17/h4,7,10-11H,5-6,8H2,1-3H3,(H2,18,21)(H,19,24)/t10-,11-,17?/m0/s1. The SMILES string of the molecule is Cc1cc(C(=O)Nc2csc(C34CO[C@@H](C)C[C@H]3CSC(N)=N4)n2)nn1C. The van der Waals surface area contributed by atoms with E-state index in [2.05, 4.69) is 22.3 Å². The fraction of sp³-hybridized carbons (Fsp3) is 0.529. The average Bonchev–Trinajstić information content (AvgIpc) is 3.23. The van der Waals surface area contributed by atoms with E-state index >= 15 is 0 Å². The van der Waals surface area contributed by atoms with Gasteiger partial charge in [-0.15, -0.1) is 11.3 Å².